The Morgan fingerprint density at radius 2 is 1.58 bits per heavy atom. The summed E-state index contributed by atoms with van der Waals surface area (Å²) in [5, 5.41) is 15.2. The third-order valence-corrected chi connectivity index (χ3v) is 0.479. The Balaban J connectivity index is -0.000000126. The van der Waals surface area contributed by atoms with Crippen LogP contribution in [0.3, 0.4) is 0 Å². The molecule has 0 bridgehead atoms. The van der Waals surface area contributed by atoms with E-state index in [4.69, 9.17) is 15.0 Å². The van der Waals surface area contributed by atoms with E-state index >= 15 is 0 Å². The molecular weight excluding hydrogens is 220 g/mol. The number of aliphatic carboxylic acids is 2. The fraction of sp³-hybridized carbons (Fsp3) is 0.333. The van der Waals surface area contributed by atoms with E-state index in [1.54, 1.807) is 0 Å². The molecule has 0 saturated heterocycles. The molecule has 0 rings (SSSR count). The predicted octanol–water partition coefficient (Wildman–Crippen LogP) is 0.685. The van der Waals surface area contributed by atoms with Gasteiger partial charge in [0.1, 0.15) is 0 Å². The third kappa shape index (κ3) is 22.9. The Bertz CT molecular complexity index is 157. The molecule has 0 aromatic rings. The quantitative estimate of drug-likeness (QED) is 0.540. The van der Waals surface area contributed by atoms with Gasteiger partial charge in [-0.1, -0.05) is 6.58 Å². The van der Waals surface area contributed by atoms with E-state index in [9.17, 15) is 9.18 Å². The van der Waals surface area contributed by atoms with Crippen LogP contribution < -0.4 is 0 Å². The van der Waals surface area contributed by atoms with E-state index in [0.717, 1.165) is 0 Å². The summed E-state index contributed by atoms with van der Waals surface area (Å²) in [6, 6.07) is 0. The van der Waals surface area contributed by atoms with Crippen LogP contribution in [-0.2, 0) is 29.1 Å². The number of alkyl halides is 1. The third-order valence-electron chi connectivity index (χ3n) is 0.479. The molecule has 0 atom stereocenters. The van der Waals surface area contributed by atoms with E-state index in [1.165, 1.54) is 6.92 Å². The topological polar surface area (TPSA) is 74.6 Å². The number of hydrogen-bond donors (Lipinski definition) is 2. The summed E-state index contributed by atoms with van der Waals surface area (Å²) in [5.74, 6) is -2.35. The fourth-order valence-corrected chi connectivity index (χ4v) is 0. The van der Waals surface area contributed by atoms with Crippen molar-refractivity contribution in [2.24, 2.45) is 0 Å². The summed E-state index contributed by atoms with van der Waals surface area (Å²) in [4.78, 5) is 18.6. The summed E-state index contributed by atoms with van der Waals surface area (Å²) in [6.45, 7) is 3.32. The Morgan fingerprint density at radius 1 is 1.42 bits per heavy atom. The van der Waals surface area contributed by atoms with Crippen molar-refractivity contribution in [3.05, 3.63) is 12.2 Å². The molecule has 0 fully saturated rings. The molecular formula is C6H9FO4Zn. The summed E-state index contributed by atoms with van der Waals surface area (Å²) in [6.07, 6.45) is 0. The molecule has 0 aliphatic heterocycles. The zero-order valence-electron chi connectivity index (χ0n) is 6.71. The largest absolute Gasteiger partial charge is 0.479 e. The van der Waals surface area contributed by atoms with Gasteiger partial charge in [-0.05, 0) is 6.92 Å². The van der Waals surface area contributed by atoms with E-state index in [2.05, 4.69) is 6.58 Å². The van der Waals surface area contributed by atoms with Crippen LogP contribution in [0.15, 0.2) is 12.2 Å². The first-order valence-electron chi connectivity index (χ1n) is 2.58. The number of carboxylic acid groups (broad SMARTS) is 2. The number of rotatable bonds is 2. The van der Waals surface area contributed by atoms with Crippen LogP contribution in [0.4, 0.5) is 4.39 Å². The summed E-state index contributed by atoms with van der Waals surface area (Å²) in [7, 11) is 0. The van der Waals surface area contributed by atoms with Crippen LogP contribution in [0.2, 0.25) is 0 Å². The van der Waals surface area contributed by atoms with Gasteiger partial charge in [0, 0.05) is 25.1 Å². The smallest absolute Gasteiger partial charge is 0.335 e. The van der Waals surface area contributed by atoms with E-state index in [1.807, 2.05) is 0 Å². The van der Waals surface area contributed by atoms with Crippen molar-refractivity contribution >= 4 is 11.9 Å². The van der Waals surface area contributed by atoms with Crippen molar-refractivity contribution < 1.29 is 43.7 Å². The fourth-order valence-electron chi connectivity index (χ4n) is 0. The van der Waals surface area contributed by atoms with Gasteiger partial charge in [0.2, 0.25) is 0 Å². The average Bonchev–Trinajstić information content (AvgIpc) is 1.89. The molecule has 0 spiro atoms. The molecule has 0 aromatic heterocycles. The van der Waals surface area contributed by atoms with Gasteiger partial charge in [0.25, 0.3) is 0 Å². The molecule has 0 amide bonds. The van der Waals surface area contributed by atoms with Gasteiger partial charge < -0.3 is 10.2 Å². The first kappa shape index (κ1) is 17.4. The van der Waals surface area contributed by atoms with Crippen molar-refractivity contribution in [3.63, 3.8) is 0 Å². The molecule has 0 unspecified atom stereocenters. The zero-order valence-corrected chi connectivity index (χ0v) is 9.68. The van der Waals surface area contributed by atoms with Gasteiger partial charge >= 0.3 is 11.9 Å². The minimum absolute atomic E-state index is 0. The molecule has 0 aromatic carbocycles. The molecule has 0 heterocycles. The molecule has 4 nitrogen and oxygen atoms in total. The van der Waals surface area contributed by atoms with Crippen LogP contribution >= 0.6 is 0 Å². The first-order chi connectivity index (χ1) is 4.91. The first-order valence-corrected chi connectivity index (χ1v) is 2.58. The van der Waals surface area contributed by atoms with Crippen molar-refractivity contribution in [3.8, 4) is 0 Å². The van der Waals surface area contributed by atoms with Gasteiger partial charge in [0.15, 0.2) is 6.67 Å². The van der Waals surface area contributed by atoms with Gasteiger partial charge in [-0.15, -0.1) is 0 Å². The standard InChI is InChI=1S/C4H6O2.C2H3FO2.Zn/c1-3(2)4(5)6;3-1-2(4)5;/h1H2,2H3,(H,5,6);1H2,(H,4,5);. The van der Waals surface area contributed by atoms with Crippen LogP contribution in [0.1, 0.15) is 6.92 Å². The maximum atomic E-state index is 10.5. The Labute approximate surface area is 81.8 Å². The molecule has 0 aliphatic rings. The summed E-state index contributed by atoms with van der Waals surface area (Å²) in [5.41, 5.74) is 0.176. The second kappa shape index (κ2) is 10.2. The number of halogens is 1. The van der Waals surface area contributed by atoms with E-state index < -0.39 is 18.6 Å². The minimum Gasteiger partial charge on any atom is -0.479 e. The van der Waals surface area contributed by atoms with Crippen LogP contribution in [-0.4, -0.2) is 28.8 Å². The van der Waals surface area contributed by atoms with Crippen molar-refractivity contribution in [2.75, 3.05) is 6.67 Å². The minimum atomic E-state index is -1.41. The molecule has 2 N–H and O–H groups in total. The van der Waals surface area contributed by atoms with Crippen molar-refractivity contribution in [1.29, 1.82) is 0 Å². The number of hydrogen-bond acceptors (Lipinski definition) is 2. The van der Waals surface area contributed by atoms with Crippen LogP contribution in [0, 0.1) is 0 Å². The normalized spacial score (nSPS) is 6.83. The maximum absolute atomic E-state index is 10.5. The van der Waals surface area contributed by atoms with Crippen molar-refractivity contribution in [2.45, 2.75) is 6.92 Å². The number of carboxylic acids is 2. The monoisotopic (exact) mass is 228 g/mol. The predicted molar refractivity (Wildman–Crippen MR) is 36.1 cm³/mol. The molecule has 0 radical (unpaired) electrons. The molecule has 66 valence electrons. The molecule has 0 saturated carbocycles. The second-order valence-electron chi connectivity index (χ2n) is 1.61. The van der Waals surface area contributed by atoms with Gasteiger partial charge in [0.05, 0.1) is 0 Å². The maximum Gasteiger partial charge on any atom is 0.335 e. The molecule has 0 aliphatic carbocycles. The SMILES string of the molecule is C=C(C)C(=O)O.O=C(O)CF.[Zn]. The molecule has 12 heavy (non-hydrogen) atoms. The van der Waals surface area contributed by atoms with Gasteiger partial charge in [-0.3, -0.25) is 0 Å². The van der Waals surface area contributed by atoms with E-state index in [-0.39, 0.29) is 25.1 Å². The number of carbonyl (C=O) groups is 2. The van der Waals surface area contributed by atoms with Gasteiger partial charge in [-0.2, -0.15) is 0 Å². The average molecular weight is 230 g/mol. The Morgan fingerprint density at radius 3 is 1.58 bits per heavy atom. The van der Waals surface area contributed by atoms with Crippen molar-refractivity contribution in [1.82, 2.24) is 0 Å². The van der Waals surface area contributed by atoms with Crippen LogP contribution in [0.25, 0.3) is 0 Å². The summed E-state index contributed by atoms with van der Waals surface area (Å²) >= 11 is 0. The van der Waals surface area contributed by atoms with Crippen LogP contribution in [0.5, 0.6) is 0 Å². The van der Waals surface area contributed by atoms with Gasteiger partial charge in [-0.25, -0.2) is 14.0 Å². The molecule has 6 heteroatoms. The second-order valence-corrected chi connectivity index (χ2v) is 1.61. The summed E-state index contributed by atoms with van der Waals surface area (Å²) < 4.78 is 10.5. The Hall–Kier alpha value is -0.767. The zero-order chi connectivity index (χ0) is 9.44. The van der Waals surface area contributed by atoms with E-state index in [0.29, 0.717) is 0 Å². The Kier molecular flexibility index (Phi) is 14.8.